The van der Waals surface area contributed by atoms with Crippen LogP contribution < -0.4 is 44.5 Å². The lowest BCUT2D eigenvalue weighted by atomic mass is 9.95. The second-order valence-electron chi connectivity index (χ2n) is 12.8. The predicted octanol–water partition coefficient (Wildman–Crippen LogP) is 4.43. The summed E-state index contributed by atoms with van der Waals surface area (Å²) in [6.45, 7) is 5.30. The summed E-state index contributed by atoms with van der Waals surface area (Å²) in [6.07, 6.45) is 2.11. The molecule has 0 aromatic heterocycles. The summed E-state index contributed by atoms with van der Waals surface area (Å²) < 4.78 is 33.7. The smallest absolute Gasteiger partial charge is 0.222 e. The summed E-state index contributed by atoms with van der Waals surface area (Å²) in [5.41, 5.74) is 4.37. The first-order valence-electron chi connectivity index (χ1n) is 17.5. The van der Waals surface area contributed by atoms with Gasteiger partial charge in [0, 0.05) is 63.7 Å². The molecule has 3 aromatic carbocycles. The standard InChI is InChI=1S/C39H50N4O9/c1-24(44)41-29-13-10-25-21-33(48-3)38(51-6)39(52-7)35(25)27-12-14-30(31(45)22-28(27)29)40-16-8-9-34(46)43-19-17-42(18-20-43)23-26-11-15-32(47-2)37(50-5)36(26)49-4/h11-12,14-15,21-22,29H,8-10,13,16-20,23H2,1-7H3,(H,40,45)(H,41,44)/t29-/m0/s1. The van der Waals surface area contributed by atoms with Gasteiger partial charge in [-0.15, -0.1) is 0 Å². The Labute approximate surface area is 305 Å². The average Bonchev–Trinajstić information content (AvgIpc) is 3.40. The van der Waals surface area contributed by atoms with Gasteiger partial charge in [-0.3, -0.25) is 19.3 Å². The molecule has 2 aliphatic rings. The number of amides is 2. The molecule has 0 bridgehead atoms. The van der Waals surface area contributed by atoms with Crippen molar-refractivity contribution in [2.45, 2.75) is 45.2 Å². The van der Waals surface area contributed by atoms with Gasteiger partial charge in [-0.05, 0) is 60.2 Å². The molecule has 0 unspecified atom stereocenters. The van der Waals surface area contributed by atoms with Crippen LogP contribution in [0.1, 0.15) is 48.9 Å². The predicted molar refractivity (Wildman–Crippen MR) is 198 cm³/mol. The van der Waals surface area contributed by atoms with E-state index in [1.54, 1.807) is 54.8 Å². The molecule has 0 saturated carbocycles. The number of aryl methyl sites for hydroxylation is 1. The maximum absolute atomic E-state index is 13.6. The number of hydrogen-bond donors (Lipinski definition) is 2. The van der Waals surface area contributed by atoms with E-state index in [0.717, 1.165) is 35.3 Å². The number of hydrogen-bond acceptors (Lipinski definition) is 11. The quantitative estimate of drug-likeness (QED) is 0.229. The first-order chi connectivity index (χ1) is 25.2. The van der Waals surface area contributed by atoms with Crippen LogP contribution in [-0.4, -0.2) is 97.0 Å². The fourth-order valence-corrected chi connectivity index (χ4v) is 7.16. The highest BCUT2D eigenvalue weighted by atomic mass is 16.5. The van der Waals surface area contributed by atoms with Gasteiger partial charge in [-0.25, -0.2) is 0 Å². The molecule has 2 amide bonds. The fourth-order valence-electron chi connectivity index (χ4n) is 7.16. The molecule has 1 saturated heterocycles. The summed E-state index contributed by atoms with van der Waals surface area (Å²) in [6, 6.07) is 10.6. The second-order valence-corrected chi connectivity index (χ2v) is 12.8. The lowest BCUT2D eigenvalue weighted by Gasteiger charge is -2.35. The lowest BCUT2D eigenvalue weighted by molar-refractivity contribution is -0.133. The molecule has 13 nitrogen and oxygen atoms in total. The SMILES string of the molecule is COc1ccc(CN2CCN(C(=O)CCCNc3ccc4c(cc3=O)[C@@H](NC(C)=O)CCc3cc(OC)c(OC)c(OC)c3-4)CC2)c(OC)c1OC. The topological polar surface area (TPSA) is 137 Å². The number of piperazine rings is 1. The van der Waals surface area contributed by atoms with E-state index in [0.29, 0.717) is 97.6 Å². The first-order valence-corrected chi connectivity index (χ1v) is 17.5. The zero-order valence-electron chi connectivity index (χ0n) is 31.2. The van der Waals surface area contributed by atoms with Crippen LogP contribution >= 0.6 is 0 Å². The highest BCUT2D eigenvalue weighted by molar-refractivity contribution is 5.84. The van der Waals surface area contributed by atoms with Crippen molar-refractivity contribution < 1.29 is 38.0 Å². The fraction of sp³-hybridized carbons (Fsp3) is 0.462. The molecular weight excluding hydrogens is 668 g/mol. The molecule has 52 heavy (non-hydrogen) atoms. The summed E-state index contributed by atoms with van der Waals surface area (Å²) in [5, 5.41) is 6.29. The van der Waals surface area contributed by atoms with Gasteiger partial charge < -0.3 is 44.0 Å². The van der Waals surface area contributed by atoms with Crippen molar-refractivity contribution in [3.63, 3.8) is 0 Å². The van der Waals surface area contributed by atoms with E-state index in [4.69, 9.17) is 28.4 Å². The van der Waals surface area contributed by atoms with E-state index < -0.39 is 6.04 Å². The van der Waals surface area contributed by atoms with Gasteiger partial charge in [0.05, 0.1) is 54.4 Å². The van der Waals surface area contributed by atoms with Crippen molar-refractivity contribution in [1.82, 2.24) is 15.1 Å². The van der Waals surface area contributed by atoms with Gasteiger partial charge in [0.15, 0.2) is 23.0 Å². The van der Waals surface area contributed by atoms with Crippen LogP contribution in [0.15, 0.2) is 41.2 Å². The number of nitrogens with zero attached hydrogens (tertiary/aromatic N) is 2. The molecule has 2 N–H and O–H groups in total. The Hall–Kier alpha value is -5.17. The number of carbonyl (C=O) groups is 2. The number of ether oxygens (including phenoxy) is 6. The van der Waals surface area contributed by atoms with Crippen molar-refractivity contribution >= 4 is 17.5 Å². The van der Waals surface area contributed by atoms with Crippen molar-refractivity contribution in [2.75, 3.05) is 80.7 Å². The molecule has 1 fully saturated rings. The van der Waals surface area contributed by atoms with Crippen LogP contribution in [0.2, 0.25) is 0 Å². The number of anilines is 1. The third kappa shape index (κ3) is 8.14. The van der Waals surface area contributed by atoms with Crippen LogP contribution in [0.3, 0.4) is 0 Å². The Kier molecular flexibility index (Phi) is 12.7. The molecule has 1 atom stereocenters. The first kappa shape index (κ1) is 38.1. The Morgan fingerprint density at radius 2 is 1.46 bits per heavy atom. The van der Waals surface area contributed by atoms with Crippen molar-refractivity contribution in [3.05, 3.63) is 63.3 Å². The van der Waals surface area contributed by atoms with Gasteiger partial charge in [-0.1, -0.05) is 12.1 Å². The molecule has 1 heterocycles. The summed E-state index contributed by atoms with van der Waals surface area (Å²) >= 11 is 0. The second kappa shape index (κ2) is 17.4. The highest BCUT2D eigenvalue weighted by Crippen LogP contribution is 2.50. The Morgan fingerprint density at radius 3 is 2.10 bits per heavy atom. The van der Waals surface area contributed by atoms with E-state index in [1.807, 2.05) is 29.2 Å². The molecule has 13 heteroatoms. The molecule has 3 aromatic rings. The minimum Gasteiger partial charge on any atom is -0.493 e. The van der Waals surface area contributed by atoms with Crippen molar-refractivity contribution in [1.29, 1.82) is 0 Å². The lowest BCUT2D eigenvalue weighted by Crippen LogP contribution is -2.48. The Bertz CT molecular complexity index is 1820. The third-order valence-electron chi connectivity index (χ3n) is 9.70. The van der Waals surface area contributed by atoms with Crippen LogP contribution in [-0.2, 0) is 22.6 Å². The van der Waals surface area contributed by atoms with Crippen molar-refractivity contribution in [2.24, 2.45) is 0 Å². The molecule has 1 aliphatic carbocycles. The van der Waals surface area contributed by atoms with E-state index in [-0.39, 0.29) is 17.2 Å². The summed E-state index contributed by atoms with van der Waals surface area (Å²) in [4.78, 5) is 43.2. The number of fused-ring (bicyclic) bond motifs is 3. The molecule has 1 aliphatic heterocycles. The van der Waals surface area contributed by atoms with Gasteiger partial charge in [-0.2, -0.15) is 0 Å². The minimum absolute atomic E-state index is 0.0871. The number of carbonyl (C=O) groups excluding carboxylic acids is 2. The van der Waals surface area contributed by atoms with E-state index >= 15 is 0 Å². The van der Waals surface area contributed by atoms with Gasteiger partial charge in [0.2, 0.25) is 28.7 Å². The molecule has 0 spiro atoms. The van der Waals surface area contributed by atoms with Crippen LogP contribution in [0.25, 0.3) is 11.1 Å². The third-order valence-corrected chi connectivity index (χ3v) is 9.70. The maximum atomic E-state index is 13.6. The van der Waals surface area contributed by atoms with Gasteiger partial charge in [0.1, 0.15) is 0 Å². The maximum Gasteiger partial charge on any atom is 0.222 e. The summed E-state index contributed by atoms with van der Waals surface area (Å²) in [7, 11) is 9.50. The van der Waals surface area contributed by atoms with Gasteiger partial charge >= 0.3 is 0 Å². The van der Waals surface area contributed by atoms with E-state index in [1.165, 1.54) is 6.92 Å². The van der Waals surface area contributed by atoms with E-state index in [9.17, 15) is 14.4 Å². The normalized spacial score (nSPS) is 15.4. The monoisotopic (exact) mass is 718 g/mol. The average molecular weight is 719 g/mol. The Morgan fingerprint density at radius 1 is 0.788 bits per heavy atom. The molecule has 5 rings (SSSR count). The van der Waals surface area contributed by atoms with Crippen molar-refractivity contribution in [3.8, 4) is 45.6 Å². The van der Waals surface area contributed by atoms with Crippen LogP contribution in [0.4, 0.5) is 5.69 Å². The molecule has 0 radical (unpaired) electrons. The minimum atomic E-state index is -0.395. The number of benzene rings is 2. The summed E-state index contributed by atoms with van der Waals surface area (Å²) in [5.74, 6) is 3.20. The largest absolute Gasteiger partial charge is 0.493 e. The highest BCUT2D eigenvalue weighted by Gasteiger charge is 2.30. The molecule has 280 valence electrons. The zero-order valence-corrected chi connectivity index (χ0v) is 31.2. The van der Waals surface area contributed by atoms with E-state index in [2.05, 4.69) is 15.5 Å². The Balaban J connectivity index is 1.24. The number of nitrogens with one attached hydrogen (secondary N) is 2. The van der Waals surface area contributed by atoms with Gasteiger partial charge in [0.25, 0.3) is 0 Å². The zero-order chi connectivity index (χ0) is 37.4. The number of rotatable bonds is 14. The van der Waals surface area contributed by atoms with Crippen LogP contribution in [0, 0.1) is 0 Å². The molecular formula is C39H50N4O9. The number of methoxy groups -OCH3 is 6. The van der Waals surface area contributed by atoms with Crippen LogP contribution in [0.5, 0.6) is 34.5 Å².